The van der Waals surface area contributed by atoms with Crippen molar-refractivity contribution in [2.24, 2.45) is 0 Å². The predicted molar refractivity (Wildman–Crippen MR) is 75.3 cm³/mol. The lowest BCUT2D eigenvalue weighted by Crippen LogP contribution is -2.03. The Balaban J connectivity index is 2.10. The molecule has 0 fully saturated rings. The average molecular weight is 338 g/mol. The van der Waals surface area contributed by atoms with Gasteiger partial charge in [0.25, 0.3) is 0 Å². The Morgan fingerprint density at radius 2 is 2.37 bits per heavy atom. The summed E-state index contributed by atoms with van der Waals surface area (Å²) in [5.74, 6) is -1.03. The zero-order chi connectivity index (χ0) is 13.8. The second kappa shape index (κ2) is 5.82. The number of thiazole rings is 1. The van der Waals surface area contributed by atoms with Gasteiger partial charge in [0.1, 0.15) is 6.07 Å². The first kappa shape index (κ1) is 13.5. The number of benzene rings is 1. The van der Waals surface area contributed by atoms with E-state index in [2.05, 4.69) is 32.3 Å². The highest BCUT2D eigenvalue weighted by molar-refractivity contribution is 9.10. The first-order valence-electron chi connectivity index (χ1n) is 5.21. The SMILES string of the molecule is N#Cc1cc(Br)ccc1NCc1csc(C(=O)O)n1. The fourth-order valence-electron chi connectivity index (χ4n) is 1.44. The molecule has 19 heavy (non-hydrogen) atoms. The molecule has 7 heteroatoms. The van der Waals surface area contributed by atoms with Crippen molar-refractivity contribution in [3.63, 3.8) is 0 Å². The molecule has 2 aromatic rings. The lowest BCUT2D eigenvalue weighted by atomic mass is 10.2. The fourth-order valence-corrected chi connectivity index (χ4v) is 2.45. The van der Waals surface area contributed by atoms with E-state index in [0.717, 1.165) is 15.8 Å². The summed E-state index contributed by atoms with van der Waals surface area (Å²) in [4.78, 5) is 14.7. The third-order valence-corrected chi connectivity index (χ3v) is 3.67. The van der Waals surface area contributed by atoms with E-state index in [1.807, 2.05) is 6.07 Å². The number of nitrogens with zero attached hydrogens (tertiary/aromatic N) is 2. The molecule has 0 unspecified atom stereocenters. The zero-order valence-corrected chi connectivity index (χ0v) is 12.0. The van der Waals surface area contributed by atoms with Crippen LogP contribution in [0.5, 0.6) is 0 Å². The van der Waals surface area contributed by atoms with E-state index in [1.54, 1.807) is 17.5 Å². The maximum absolute atomic E-state index is 10.7. The molecule has 1 heterocycles. The maximum Gasteiger partial charge on any atom is 0.365 e. The van der Waals surface area contributed by atoms with E-state index in [4.69, 9.17) is 10.4 Å². The lowest BCUT2D eigenvalue weighted by Gasteiger charge is -2.06. The van der Waals surface area contributed by atoms with Gasteiger partial charge < -0.3 is 10.4 Å². The van der Waals surface area contributed by atoms with Gasteiger partial charge in [0.05, 0.1) is 23.5 Å². The summed E-state index contributed by atoms with van der Waals surface area (Å²) in [6.07, 6.45) is 0. The van der Waals surface area contributed by atoms with Crippen LogP contribution in [-0.4, -0.2) is 16.1 Å². The van der Waals surface area contributed by atoms with E-state index in [1.165, 1.54) is 0 Å². The summed E-state index contributed by atoms with van der Waals surface area (Å²) in [6, 6.07) is 7.42. The van der Waals surface area contributed by atoms with Gasteiger partial charge >= 0.3 is 5.97 Å². The highest BCUT2D eigenvalue weighted by Gasteiger charge is 2.09. The van der Waals surface area contributed by atoms with Crippen LogP contribution < -0.4 is 5.32 Å². The monoisotopic (exact) mass is 337 g/mol. The molecule has 0 saturated heterocycles. The van der Waals surface area contributed by atoms with Crippen molar-refractivity contribution in [1.82, 2.24) is 4.98 Å². The Morgan fingerprint density at radius 1 is 1.58 bits per heavy atom. The standard InChI is InChI=1S/C12H8BrN3O2S/c13-8-1-2-10(7(3-8)4-14)15-5-9-6-19-11(16-9)12(17)18/h1-3,6,15H,5H2,(H,17,18). The van der Waals surface area contributed by atoms with Gasteiger partial charge in [-0.05, 0) is 18.2 Å². The normalized spacial score (nSPS) is 9.89. The lowest BCUT2D eigenvalue weighted by molar-refractivity contribution is 0.0696. The fraction of sp³-hybridized carbons (Fsp3) is 0.0833. The Morgan fingerprint density at radius 3 is 3.00 bits per heavy atom. The van der Waals surface area contributed by atoms with Gasteiger partial charge in [-0.25, -0.2) is 9.78 Å². The number of aromatic nitrogens is 1. The molecule has 96 valence electrons. The summed E-state index contributed by atoms with van der Waals surface area (Å²) in [5, 5.41) is 22.6. The van der Waals surface area contributed by atoms with Crippen molar-refractivity contribution < 1.29 is 9.90 Å². The third kappa shape index (κ3) is 3.30. The first-order chi connectivity index (χ1) is 9.10. The van der Waals surface area contributed by atoms with Crippen LogP contribution in [0.3, 0.4) is 0 Å². The predicted octanol–water partition coefficient (Wildman–Crippen LogP) is 3.09. The molecule has 0 aliphatic rings. The van der Waals surface area contributed by atoms with Crippen LogP contribution in [0.25, 0.3) is 0 Å². The molecule has 0 amide bonds. The van der Waals surface area contributed by atoms with Gasteiger partial charge in [-0.1, -0.05) is 15.9 Å². The molecular formula is C12H8BrN3O2S. The van der Waals surface area contributed by atoms with Crippen LogP contribution in [0.1, 0.15) is 21.1 Å². The Hall–Kier alpha value is -1.91. The number of hydrogen-bond acceptors (Lipinski definition) is 5. The van der Waals surface area contributed by atoms with Crippen molar-refractivity contribution in [3.05, 3.63) is 44.3 Å². The molecule has 0 saturated carbocycles. The molecule has 0 atom stereocenters. The van der Waals surface area contributed by atoms with Gasteiger partial charge in [0.15, 0.2) is 0 Å². The molecule has 5 nitrogen and oxygen atoms in total. The largest absolute Gasteiger partial charge is 0.476 e. The van der Waals surface area contributed by atoms with Crippen molar-refractivity contribution in [2.45, 2.75) is 6.54 Å². The van der Waals surface area contributed by atoms with Crippen LogP contribution in [0.15, 0.2) is 28.1 Å². The quantitative estimate of drug-likeness (QED) is 0.895. The summed E-state index contributed by atoms with van der Waals surface area (Å²) >= 11 is 4.38. The molecule has 0 spiro atoms. The van der Waals surface area contributed by atoms with E-state index in [9.17, 15) is 4.79 Å². The zero-order valence-electron chi connectivity index (χ0n) is 9.55. The average Bonchev–Trinajstić information content (AvgIpc) is 2.86. The van der Waals surface area contributed by atoms with E-state index in [-0.39, 0.29) is 5.01 Å². The van der Waals surface area contributed by atoms with Gasteiger partial charge in [0, 0.05) is 9.85 Å². The van der Waals surface area contributed by atoms with Gasteiger partial charge in [0.2, 0.25) is 5.01 Å². The number of nitriles is 1. The number of aromatic carboxylic acids is 1. The summed E-state index contributed by atoms with van der Waals surface area (Å²) in [6.45, 7) is 0.375. The van der Waals surface area contributed by atoms with Crippen LogP contribution in [0.4, 0.5) is 5.69 Å². The minimum atomic E-state index is -1.03. The summed E-state index contributed by atoms with van der Waals surface area (Å²) < 4.78 is 0.830. The van der Waals surface area contributed by atoms with Crippen molar-refractivity contribution >= 4 is 38.9 Å². The van der Waals surface area contributed by atoms with E-state index >= 15 is 0 Å². The first-order valence-corrected chi connectivity index (χ1v) is 6.88. The van der Waals surface area contributed by atoms with Crippen LogP contribution in [-0.2, 0) is 6.54 Å². The molecule has 2 N–H and O–H groups in total. The molecule has 1 aromatic carbocycles. The number of nitrogens with one attached hydrogen (secondary N) is 1. The van der Waals surface area contributed by atoms with Gasteiger partial charge in [-0.3, -0.25) is 0 Å². The second-order valence-corrected chi connectivity index (χ2v) is 5.38. The van der Waals surface area contributed by atoms with Gasteiger partial charge in [-0.2, -0.15) is 5.26 Å². The number of halogens is 1. The number of carboxylic acid groups (broad SMARTS) is 1. The van der Waals surface area contributed by atoms with Crippen molar-refractivity contribution in [1.29, 1.82) is 5.26 Å². The summed E-state index contributed by atoms with van der Waals surface area (Å²) in [5.41, 5.74) is 1.84. The third-order valence-electron chi connectivity index (χ3n) is 2.30. The number of anilines is 1. The van der Waals surface area contributed by atoms with Crippen molar-refractivity contribution in [3.8, 4) is 6.07 Å². The topological polar surface area (TPSA) is 86.0 Å². The number of hydrogen-bond donors (Lipinski definition) is 2. The Labute approximate surface area is 121 Å². The smallest absolute Gasteiger partial charge is 0.365 e. The maximum atomic E-state index is 10.7. The molecule has 2 rings (SSSR count). The number of carbonyl (C=O) groups is 1. The summed E-state index contributed by atoms with van der Waals surface area (Å²) in [7, 11) is 0. The van der Waals surface area contributed by atoms with E-state index in [0.29, 0.717) is 23.5 Å². The van der Waals surface area contributed by atoms with Crippen molar-refractivity contribution in [2.75, 3.05) is 5.32 Å². The second-order valence-electron chi connectivity index (χ2n) is 3.60. The molecular weight excluding hydrogens is 330 g/mol. The van der Waals surface area contributed by atoms with Crippen LogP contribution in [0.2, 0.25) is 0 Å². The molecule has 0 aliphatic heterocycles. The Bertz CT molecular complexity index is 663. The highest BCUT2D eigenvalue weighted by atomic mass is 79.9. The molecule has 0 radical (unpaired) electrons. The van der Waals surface area contributed by atoms with E-state index < -0.39 is 5.97 Å². The number of rotatable bonds is 4. The highest BCUT2D eigenvalue weighted by Crippen LogP contribution is 2.21. The molecule has 1 aromatic heterocycles. The van der Waals surface area contributed by atoms with Crippen LogP contribution >= 0.6 is 27.3 Å². The Kier molecular flexibility index (Phi) is 4.14. The molecule has 0 aliphatic carbocycles. The van der Waals surface area contributed by atoms with Gasteiger partial charge in [-0.15, -0.1) is 11.3 Å². The molecule has 0 bridgehead atoms. The van der Waals surface area contributed by atoms with Crippen LogP contribution in [0, 0.1) is 11.3 Å². The minimum Gasteiger partial charge on any atom is -0.476 e. The number of carboxylic acids is 1. The minimum absolute atomic E-state index is 0.0631.